The second kappa shape index (κ2) is 10.4. The average Bonchev–Trinajstić information content (AvgIpc) is 3.51. The molecule has 2 N–H and O–H groups in total. The average molecular weight is 553 g/mol. The fraction of sp³-hybridized carbons (Fsp3) is 0.500. The predicted molar refractivity (Wildman–Crippen MR) is 149 cm³/mol. The first-order valence-electron chi connectivity index (χ1n) is 13.8. The molecular formula is C28H36N6O4S. The Kier molecular flexibility index (Phi) is 6.98. The maximum atomic E-state index is 13.4. The van der Waals surface area contributed by atoms with Gasteiger partial charge >= 0.3 is 6.09 Å². The van der Waals surface area contributed by atoms with Gasteiger partial charge in [-0.1, -0.05) is 30.3 Å². The molecule has 1 aliphatic carbocycles. The van der Waals surface area contributed by atoms with E-state index < -0.39 is 10.0 Å². The third-order valence-electron chi connectivity index (χ3n) is 8.09. The van der Waals surface area contributed by atoms with E-state index in [4.69, 9.17) is 9.84 Å². The van der Waals surface area contributed by atoms with Gasteiger partial charge in [-0.15, -0.1) is 0 Å². The number of fused-ring (bicyclic) bond motifs is 1. The highest BCUT2D eigenvalue weighted by atomic mass is 32.2. The molecule has 6 rings (SSSR count). The number of ether oxygens (including phenoxy) is 1. The van der Waals surface area contributed by atoms with Crippen LogP contribution in [0.4, 0.5) is 10.5 Å². The van der Waals surface area contributed by atoms with E-state index in [0.29, 0.717) is 25.9 Å². The van der Waals surface area contributed by atoms with Crippen LogP contribution in [0.15, 0.2) is 53.6 Å². The van der Waals surface area contributed by atoms with Crippen molar-refractivity contribution < 1.29 is 17.9 Å². The van der Waals surface area contributed by atoms with Gasteiger partial charge in [0.25, 0.3) is 0 Å². The molecule has 0 spiro atoms. The van der Waals surface area contributed by atoms with Crippen molar-refractivity contribution in [2.75, 3.05) is 44.2 Å². The van der Waals surface area contributed by atoms with Gasteiger partial charge in [-0.05, 0) is 50.3 Å². The summed E-state index contributed by atoms with van der Waals surface area (Å²) in [6.07, 6.45) is 4.68. The molecular weight excluding hydrogens is 516 g/mol. The van der Waals surface area contributed by atoms with Crippen LogP contribution in [0.1, 0.15) is 44.2 Å². The van der Waals surface area contributed by atoms with Gasteiger partial charge in [-0.2, -0.15) is 5.10 Å². The number of carbonyl (C=O) groups is 1. The lowest BCUT2D eigenvalue weighted by atomic mass is 10.1. The third-order valence-corrected chi connectivity index (χ3v) is 9.71. The van der Waals surface area contributed by atoms with Gasteiger partial charge < -0.3 is 19.9 Å². The van der Waals surface area contributed by atoms with Gasteiger partial charge in [0.1, 0.15) is 6.61 Å². The zero-order chi connectivity index (χ0) is 27.0. The SMILES string of the molecule is CC1(NS(=O)(=O)c2cc(N3CCNCC3)c3cnn(C4CCN(C(=O)OCc5ccccc5)CC4)c3c2)CC1. The molecule has 0 bridgehead atoms. The molecule has 3 aromatic rings. The number of piperazine rings is 1. The zero-order valence-electron chi connectivity index (χ0n) is 22.3. The molecule has 1 saturated carbocycles. The van der Waals surface area contributed by atoms with Crippen molar-refractivity contribution in [2.45, 2.75) is 55.7 Å². The van der Waals surface area contributed by atoms with Crippen LogP contribution in [-0.2, 0) is 21.4 Å². The maximum Gasteiger partial charge on any atom is 0.410 e. The first-order chi connectivity index (χ1) is 18.8. The number of nitrogens with one attached hydrogen (secondary N) is 2. The van der Waals surface area contributed by atoms with Crippen LogP contribution in [0.5, 0.6) is 0 Å². The zero-order valence-corrected chi connectivity index (χ0v) is 23.1. The van der Waals surface area contributed by atoms with E-state index in [1.807, 2.05) is 48.1 Å². The standard InChI is InChI=1S/C28H36N6O4S/c1-28(9-10-28)31-39(36,37)23-17-25(32-15-11-29-12-16-32)24-19-30-34(26(24)18-23)22-7-13-33(14-8-22)27(35)38-20-21-5-3-2-4-6-21/h2-6,17-19,22,29,31H,7-16,20H2,1H3. The van der Waals surface area contributed by atoms with E-state index in [0.717, 1.165) is 61.2 Å². The first kappa shape index (κ1) is 26.1. The number of anilines is 1. The topological polar surface area (TPSA) is 109 Å². The molecule has 39 heavy (non-hydrogen) atoms. The molecule has 2 saturated heterocycles. The minimum absolute atomic E-state index is 0.0587. The lowest BCUT2D eigenvalue weighted by molar-refractivity contribution is 0.0825. The number of rotatable bonds is 7. The van der Waals surface area contributed by atoms with E-state index in [1.165, 1.54) is 0 Å². The minimum Gasteiger partial charge on any atom is -0.445 e. The van der Waals surface area contributed by atoms with Crippen molar-refractivity contribution in [3.63, 3.8) is 0 Å². The summed E-state index contributed by atoms with van der Waals surface area (Å²) in [5.41, 5.74) is 2.33. The van der Waals surface area contributed by atoms with Crippen LogP contribution < -0.4 is 14.9 Å². The Bertz CT molecular complexity index is 1440. The summed E-state index contributed by atoms with van der Waals surface area (Å²) >= 11 is 0. The van der Waals surface area contributed by atoms with Crippen molar-refractivity contribution >= 4 is 32.7 Å². The molecule has 10 nitrogen and oxygen atoms in total. The molecule has 1 amide bonds. The summed E-state index contributed by atoms with van der Waals surface area (Å²) in [7, 11) is -3.69. The number of benzene rings is 2. The number of carbonyl (C=O) groups excluding carboxylic acids is 1. The highest BCUT2D eigenvalue weighted by molar-refractivity contribution is 7.89. The highest BCUT2D eigenvalue weighted by Gasteiger charge is 2.41. The predicted octanol–water partition coefficient (Wildman–Crippen LogP) is 3.25. The molecule has 3 heterocycles. The molecule has 11 heteroatoms. The Morgan fingerprint density at radius 3 is 2.51 bits per heavy atom. The van der Waals surface area contributed by atoms with Crippen LogP contribution >= 0.6 is 0 Å². The van der Waals surface area contributed by atoms with Crippen LogP contribution in [0, 0.1) is 0 Å². The van der Waals surface area contributed by atoms with Crippen LogP contribution in [0.3, 0.4) is 0 Å². The lowest BCUT2D eigenvalue weighted by Crippen LogP contribution is -2.43. The maximum absolute atomic E-state index is 13.4. The minimum atomic E-state index is -3.69. The molecule has 1 aromatic heterocycles. The van der Waals surface area contributed by atoms with E-state index in [-0.39, 0.29) is 29.2 Å². The normalized spacial score (nSPS) is 19.8. The molecule has 0 atom stereocenters. The Hall–Kier alpha value is -3.15. The number of sulfonamides is 1. The largest absolute Gasteiger partial charge is 0.445 e. The summed E-state index contributed by atoms with van der Waals surface area (Å²) in [4.78, 5) is 16.9. The Labute approximate surface area is 229 Å². The Balaban J connectivity index is 1.23. The highest BCUT2D eigenvalue weighted by Crippen LogP contribution is 2.38. The number of piperidine rings is 1. The fourth-order valence-electron chi connectivity index (χ4n) is 5.49. The van der Waals surface area contributed by atoms with Crippen LogP contribution in [0.2, 0.25) is 0 Å². The van der Waals surface area contributed by atoms with Gasteiger partial charge in [-0.3, -0.25) is 4.68 Å². The van der Waals surface area contributed by atoms with Gasteiger partial charge in [0.15, 0.2) is 0 Å². The quantitative estimate of drug-likeness (QED) is 0.463. The number of likely N-dealkylation sites (tertiary alicyclic amines) is 1. The second-order valence-electron chi connectivity index (χ2n) is 11.1. The van der Waals surface area contributed by atoms with E-state index >= 15 is 0 Å². The monoisotopic (exact) mass is 552 g/mol. The number of hydrogen-bond donors (Lipinski definition) is 2. The van der Waals surface area contributed by atoms with Gasteiger partial charge in [0, 0.05) is 55.9 Å². The first-order valence-corrected chi connectivity index (χ1v) is 15.3. The number of amides is 1. The summed E-state index contributed by atoms with van der Waals surface area (Å²) in [6, 6.07) is 13.3. The number of hydrogen-bond acceptors (Lipinski definition) is 7. The fourth-order valence-corrected chi connectivity index (χ4v) is 7.00. The van der Waals surface area contributed by atoms with Crippen molar-refractivity contribution in [3.05, 3.63) is 54.2 Å². The Morgan fingerprint density at radius 2 is 1.82 bits per heavy atom. The van der Waals surface area contributed by atoms with Crippen molar-refractivity contribution in [2.24, 2.45) is 0 Å². The molecule has 3 fully saturated rings. The smallest absolute Gasteiger partial charge is 0.410 e. The molecule has 208 valence electrons. The van der Waals surface area contributed by atoms with Gasteiger partial charge in [0.05, 0.1) is 22.7 Å². The second-order valence-corrected chi connectivity index (χ2v) is 12.8. The number of nitrogens with zero attached hydrogens (tertiary/aromatic N) is 4. The molecule has 2 aromatic carbocycles. The van der Waals surface area contributed by atoms with Crippen molar-refractivity contribution in [1.29, 1.82) is 0 Å². The lowest BCUT2D eigenvalue weighted by Gasteiger charge is -2.32. The van der Waals surface area contributed by atoms with Crippen LogP contribution in [-0.4, -0.2) is 74.0 Å². The van der Waals surface area contributed by atoms with Gasteiger partial charge in [0.2, 0.25) is 10.0 Å². The van der Waals surface area contributed by atoms with E-state index in [2.05, 4.69) is 14.9 Å². The van der Waals surface area contributed by atoms with E-state index in [9.17, 15) is 13.2 Å². The summed E-state index contributed by atoms with van der Waals surface area (Å²) in [6.45, 7) is 6.62. The van der Waals surface area contributed by atoms with Gasteiger partial charge in [-0.25, -0.2) is 17.9 Å². The summed E-state index contributed by atoms with van der Waals surface area (Å²) in [5.74, 6) is 0. The molecule has 2 aliphatic heterocycles. The number of aromatic nitrogens is 2. The summed E-state index contributed by atoms with van der Waals surface area (Å²) < 4.78 is 37.2. The summed E-state index contributed by atoms with van der Waals surface area (Å²) in [5, 5.41) is 9.08. The van der Waals surface area contributed by atoms with Crippen molar-refractivity contribution in [3.8, 4) is 0 Å². The Morgan fingerprint density at radius 1 is 1.10 bits per heavy atom. The molecule has 0 radical (unpaired) electrons. The third kappa shape index (κ3) is 5.61. The van der Waals surface area contributed by atoms with Crippen LogP contribution in [0.25, 0.3) is 10.9 Å². The molecule has 0 unspecified atom stereocenters. The molecule has 3 aliphatic rings. The van der Waals surface area contributed by atoms with Crippen molar-refractivity contribution in [1.82, 2.24) is 24.7 Å². The van der Waals surface area contributed by atoms with E-state index in [1.54, 1.807) is 17.0 Å².